The molecule has 0 aliphatic carbocycles. The number of benzene rings is 1. The van der Waals surface area contributed by atoms with E-state index in [0.29, 0.717) is 10.4 Å². The molecule has 0 spiro atoms. The van der Waals surface area contributed by atoms with E-state index in [1.165, 1.54) is 5.56 Å². The van der Waals surface area contributed by atoms with Gasteiger partial charge in [-0.2, -0.15) is 0 Å². The van der Waals surface area contributed by atoms with Crippen LogP contribution >= 0.6 is 15.9 Å². The molecule has 3 heteroatoms. The van der Waals surface area contributed by atoms with Gasteiger partial charge in [-0.15, -0.1) is 0 Å². The van der Waals surface area contributed by atoms with Crippen LogP contribution in [0.5, 0.6) is 0 Å². The molecule has 0 atom stereocenters. The molecule has 1 nitrogen and oxygen atoms in total. The van der Waals surface area contributed by atoms with Crippen molar-refractivity contribution < 1.29 is 4.39 Å². The highest BCUT2D eigenvalue weighted by Gasteiger charge is 2.18. The third-order valence-electron chi connectivity index (χ3n) is 3.16. The molecule has 0 unspecified atom stereocenters. The Hall–Kier alpha value is -0.410. The average molecular weight is 272 g/mol. The summed E-state index contributed by atoms with van der Waals surface area (Å²) >= 11 is 3.31. The summed E-state index contributed by atoms with van der Waals surface area (Å²) < 4.78 is 13.9. The van der Waals surface area contributed by atoms with Crippen LogP contribution in [0.15, 0.2) is 16.6 Å². The van der Waals surface area contributed by atoms with Crippen molar-refractivity contribution in [2.45, 2.75) is 25.7 Å². The van der Waals surface area contributed by atoms with Crippen molar-refractivity contribution >= 4 is 15.9 Å². The van der Waals surface area contributed by atoms with Gasteiger partial charge in [-0.25, -0.2) is 4.39 Å². The second kappa shape index (κ2) is 4.62. The molecule has 2 rings (SSSR count). The summed E-state index contributed by atoms with van der Waals surface area (Å²) in [5.74, 6) is 0.424. The second-order valence-corrected chi connectivity index (χ2v) is 4.89. The van der Waals surface area contributed by atoms with E-state index < -0.39 is 0 Å². The minimum absolute atomic E-state index is 0.162. The number of hydrogen-bond donors (Lipinski definition) is 1. The first-order valence-corrected chi connectivity index (χ1v) is 6.14. The standard InChI is InChI=1S/C12H15BrFN/c1-8-10(2-3-11(14)12(8)13)9-4-6-15-7-5-9/h2-3,9,15H,4-7H2,1H3. The molecule has 0 amide bonds. The number of hydrogen-bond acceptors (Lipinski definition) is 1. The third-order valence-corrected chi connectivity index (χ3v) is 4.13. The molecular formula is C12H15BrFN. The molecule has 1 aromatic carbocycles. The highest BCUT2D eigenvalue weighted by molar-refractivity contribution is 9.10. The number of nitrogens with one attached hydrogen (secondary N) is 1. The predicted octanol–water partition coefficient (Wildman–Crippen LogP) is 3.36. The molecule has 1 aliphatic heterocycles. The molecule has 1 aliphatic rings. The van der Waals surface area contributed by atoms with Gasteiger partial charge in [0.15, 0.2) is 0 Å². The van der Waals surface area contributed by atoms with Gasteiger partial charge < -0.3 is 5.32 Å². The zero-order chi connectivity index (χ0) is 10.8. The zero-order valence-electron chi connectivity index (χ0n) is 8.82. The fourth-order valence-corrected chi connectivity index (χ4v) is 2.60. The van der Waals surface area contributed by atoms with Gasteiger partial charge in [-0.3, -0.25) is 0 Å². The lowest BCUT2D eigenvalue weighted by molar-refractivity contribution is 0.458. The first-order valence-electron chi connectivity index (χ1n) is 5.35. The Balaban J connectivity index is 2.31. The summed E-state index contributed by atoms with van der Waals surface area (Å²) in [7, 11) is 0. The van der Waals surface area contributed by atoms with Crippen LogP contribution in [-0.2, 0) is 0 Å². The molecule has 1 N–H and O–H groups in total. The Morgan fingerprint density at radius 1 is 1.33 bits per heavy atom. The monoisotopic (exact) mass is 271 g/mol. The summed E-state index contributed by atoms with van der Waals surface area (Å²) in [5, 5.41) is 3.34. The van der Waals surface area contributed by atoms with Gasteiger partial charge in [0.05, 0.1) is 4.47 Å². The fourth-order valence-electron chi connectivity index (χ4n) is 2.24. The van der Waals surface area contributed by atoms with E-state index in [4.69, 9.17) is 0 Å². The Labute approximate surface area is 98.2 Å². The number of piperidine rings is 1. The van der Waals surface area contributed by atoms with E-state index in [9.17, 15) is 4.39 Å². The van der Waals surface area contributed by atoms with Crippen molar-refractivity contribution in [1.29, 1.82) is 0 Å². The van der Waals surface area contributed by atoms with Crippen molar-refractivity contribution in [3.63, 3.8) is 0 Å². The maximum Gasteiger partial charge on any atom is 0.137 e. The smallest absolute Gasteiger partial charge is 0.137 e. The molecule has 0 aromatic heterocycles. The van der Waals surface area contributed by atoms with Gasteiger partial charge in [0.2, 0.25) is 0 Å². The predicted molar refractivity (Wildman–Crippen MR) is 63.7 cm³/mol. The Morgan fingerprint density at radius 2 is 2.00 bits per heavy atom. The van der Waals surface area contributed by atoms with Crippen molar-refractivity contribution in [2.75, 3.05) is 13.1 Å². The van der Waals surface area contributed by atoms with Gasteiger partial charge in [0, 0.05) is 0 Å². The molecule has 1 fully saturated rings. The maximum atomic E-state index is 13.3. The largest absolute Gasteiger partial charge is 0.317 e. The van der Waals surface area contributed by atoms with Crippen LogP contribution in [0.4, 0.5) is 4.39 Å². The maximum absolute atomic E-state index is 13.3. The van der Waals surface area contributed by atoms with Crippen LogP contribution < -0.4 is 5.32 Å². The highest BCUT2D eigenvalue weighted by atomic mass is 79.9. The Bertz CT molecular complexity index is 359. The van der Waals surface area contributed by atoms with E-state index >= 15 is 0 Å². The molecule has 1 saturated heterocycles. The quantitative estimate of drug-likeness (QED) is 0.826. The van der Waals surface area contributed by atoms with Gasteiger partial charge in [0.25, 0.3) is 0 Å². The van der Waals surface area contributed by atoms with E-state index in [1.807, 2.05) is 13.0 Å². The third kappa shape index (κ3) is 2.23. The Kier molecular flexibility index (Phi) is 3.42. The first-order chi connectivity index (χ1) is 7.20. The SMILES string of the molecule is Cc1c(C2CCNCC2)ccc(F)c1Br. The van der Waals surface area contributed by atoms with E-state index in [2.05, 4.69) is 21.2 Å². The molecular weight excluding hydrogens is 257 g/mol. The molecule has 0 saturated carbocycles. The molecule has 82 valence electrons. The van der Waals surface area contributed by atoms with E-state index in [-0.39, 0.29) is 5.82 Å². The van der Waals surface area contributed by atoms with Crippen LogP contribution in [0.1, 0.15) is 29.9 Å². The van der Waals surface area contributed by atoms with Crippen molar-refractivity contribution in [3.05, 3.63) is 33.5 Å². The van der Waals surface area contributed by atoms with Crippen LogP contribution in [-0.4, -0.2) is 13.1 Å². The van der Waals surface area contributed by atoms with Gasteiger partial charge in [0.1, 0.15) is 5.82 Å². The molecule has 1 aromatic rings. The van der Waals surface area contributed by atoms with Gasteiger partial charge in [-0.1, -0.05) is 6.07 Å². The summed E-state index contributed by atoms with van der Waals surface area (Å²) in [6.45, 7) is 4.13. The number of rotatable bonds is 1. The number of halogens is 2. The average Bonchev–Trinajstić information content (AvgIpc) is 2.27. The first kappa shape index (κ1) is 11.1. The lowest BCUT2D eigenvalue weighted by atomic mass is 9.87. The zero-order valence-corrected chi connectivity index (χ0v) is 10.4. The molecule has 0 radical (unpaired) electrons. The molecule has 15 heavy (non-hydrogen) atoms. The van der Waals surface area contributed by atoms with Crippen LogP contribution in [0.2, 0.25) is 0 Å². The van der Waals surface area contributed by atoms with Crippen LogP contribution in [0, 0.1) is 12.7 Å². The summed E-state index contributed by atoms with van der Waals surface area (Å²) in [6.07, 6.45) is 2.30. The van der Waals surface area contributed by atoms with Crippen molar-refractivity contribution in [3.8, 4) is 0 Å². The molecule has 0 bridgehead atoms. The summed E-state index contributed by atoms with van der Waals surface area (Å²) in [6, 6.07) is 3.50. The highest BCUT2D eigenvalue weighted by Crippen LogP contribution is 2.32. The normalized spacial score (nSPS) is 18.1. The fraction of sp³-hybridized carbons (Fsp3) is 0.500. The van der Waals surface area contributed by atoms with Gasteiger partial charge in [-0.05, 0) is 71.9 Å². The lowest BCUT2D eigenvalue weighted by Crippen LogP contribution is -2.27. The second-order valence-electron chi connectivity index (χ2n) is 4.10. The topological polar surface area (TPSA) is 12.0 Å². The van der Waals surface area contributed by atoms with E-state index in [0.717, 1.165) is 31.5 Å². The summed E-state index contributed by atoms with van der Waals surface area (Å²) in [5.41, 5.74) is 2.35. The van der Waals surface area contributed by atoms with Crippen molar-refractivity contribution in [2.24, 2.45) is 0 Å². The van der Waals surface area contributed by atoms with E-state index in [1.54, 1.807) is 6.07 Å². The van der Waals surface area contributed by atoms with Crippen LogP contribution in [0.25, 0.3) is 0 Å². The van der Waals surface area contributed by atoms with Crippen LogP contribution in [0.3, 0.4) is 0 Å². The van der Waals surface area contributed by atoms with Gasteiger partial charge >= 0.3 is 0 Å². The minimum atomic E-state index is -0.162. The summed E-state index contributed by atoms with van der Waals surface area (Å²) in [4.78, 5) is 0. The molecule has 1 heterocycles. The van der Waals surface area contributed by atoms with Crippen molar-refractivity contribution in [1.82, 2.24) is 5.32 Å². The Morgan fingerprint density at radius 3 is 2.67 bits per heavy atom. The lowest BCUT2D eigenvalue weighted by Gasteiger charge is -2.24. The minimum Gasteiger partial charge on any atom is -0.317 e.